The van der Waals surface area contributed by atoms with Gasteiger partial charge >= 0.3 is 0 Å². The molecule has 2 aliphatic rings. The fourth-order valence-electron chi connectivity index (χ4n) is 5.91. The Hall–Kier alpha value is -3.75. The lowest BCUT2D eigenvalue weighted by molar-refractivity contribution is 0.0896. The van der Waals surface area contributed by atoms with Crippen LogP contribution in [-0.2, 0) is 6.54 Å². The highest BCUT2D eigenvalue weighted by atomic mass is 16.5. The normalized spacial score (nSPS) is 16.7. The second kappa shape index (κ2) is 13.7. The lowest BCUT2D eigenvalue weighted by Crippen LogP contribution is -2.46. The second-order valence-corrected chi connectivity index (χ2v) is 10.9. The molecule has 8 nitrogen and oxygen atoms in total. The van der Waals surface area contributed by atoms with Crippen molar-refractivity contribution in [3.05, 3.63) is 71.8 Å². The molecule has 0 bridgehead atoms. The highest BCUT2D eigenvalue weighted by Crippen LogP contribution is 2.40. The van der Waals surface area contributed by atoms with Crippen LogP contribution in [0.1, 0.15) is 48.0 Å². The second-order valence-electron chi connectivity index (χ2n) is 10.9. The zero-order valence-electron chi connectivity index (χ0n) is 24.4. The van der Waals surface area contributed by atoms with Gasteiger partial charge in [0, 0.05) is 47.3 Å². The molecule has 0 spiro atoms. The van der Waals surface area contributed by atoms with Gasteiger partial charge in [-0.15, -0.1) is 0 Å². The van der Waals surface area contributed by atoms with E-state index in [9.17, 15) is 4.79 Å². The highest BCUT2D eigenvalue weighted by Gasteiger charge is 2.25. The fourth-order valence-corrected chi connectivity index (χ4v) is 5.91. The van der Waals surface area contributed by atoms with Crippen molar-refractivity contribution in [1.29, 1.82) is 0 Å². The van der Waals surface area contributed by atoms with Gasteiger partial charge in [0.15, 0.2) is 11.5 Å². The average Bonchev–Trinajstić information content (AvgIpc) is 3.02. The maximum Gasteiger partial charge on any atom is 0.255 e. The maximum atomic E-state index is 12.9. The summed E-state index contributed by atoms with van der Waals surface area (Å²) in [6.07, 6.45) is 6.66. The lowest BCUT2D eigenvalue weighted by Gasteiger charge is -2.40. The zero-order chi connectivity index (χ0) is 28.6. The van der Waals surface area contributed by atoms with Crippen molar-refractivity contribution in [2.24, 2.45) is 0 Å². The molecule has 3 aromatic carbocycles. The number of nitrogens with zero attached hydrogens (tertiary/aromatic N) is 2. The summed E-state index contributed by atoms with van der Waals surface area (Å²) in [5.74, 6) is 1.52. The van der Waals surface area contributed by atoms with E-state index in [1.165, 1.54) is 50.8 Å². The van der Waals surface area contributed by atoms with E-state index < -0.39 is 0 Å². The van der Waals surface area contributed by atoms with E-state index in [-0.39, 0.29) is 5.91 Å². The molecule has 2 N–H and O–H groups in total. The topological polar surface area (TPSA) is 75.3 Å². The third-order valence-electron chi connectivity index (χ3n) is 8.18. The molecule has 2 heterocycles. The zero-order valence-corrected chi connectivity index (χ0v) is 24.4. The first kappa shape index (κ1) is 28.8. The Balaban J connectivity index is 1.12. The minimum atomic E-state index is -0.142. The van der Waals surface area contributed by atoms with E-state index in [2.05, 4.69) is 32.6 Å². The van der Waals surface area contributed by atoms with E-state index in [0.29, 0.717) is 22.8 Å². The van der Waals surface area contributed by atoms with Crippen molar-refractivity contribution < 1.29 is 19.0 Å². The van der Waals surface area contributed by atoms with E-state index >= 15 is 0 Å². The third-order valence-corrected chi connectivity index (χ3v) is 8.18. The number of benzene rings is 3. The van der Waals surface area contributed by atoms with Gasteiger partial charge in [-0.05, 0) is 93.8 Å². The number of nitrogens with one attached hydrogen (secondary N) is 2. The van der Waals surface area contributed by atoms with Crippen LogP contribution in [0.15, 0.2) is 60.7 Å². The molecule has 3 aromatic rings. The molecule has 41 heavy (non-hydrogen) atoms. The molecule has 2 aliphatic heterocycles. The predicted molar refractivity (Wildman–Crippen MR) is 164 cm³/mol. The van der Waals surface area contributed by atoms with Crippen LogP contribution >= 0.6 is 0 Å². The molecule has 0 atom stereocenters. The number of hydrogen-bond acceptors (Lipinski definition) is 7. The number of rotatable bonds is 10. The maximum absolute atomic E-state index is 12.9. The SMILES string of the molecule is COc1cc(Nc2ccc(C(=O)Nc3ccc(CN4CCC(N5CCCCC5)CC4)cc3)cc2)cc(OC)c1OC. The first-order valence-corrected chi connectivity index (χ1v) is 14.6. The standard InChI is InChI=1S/C33H42N4O4/c1-39-30-21-28(22-31(40-2)32(30)41-3)34-26-13-9-25(10-14-26)33(38)35-27-11-7-24(8-12-27)23-36-19-15-29(16-20-36)37-17-5-4-6-18-37/h7-14,21-22,29,34H,4-6,15-20,23H2,1-3H3,(H,35,38). The molecule has 8 heteroatoms. The number of piperidine rings is 2. The Morgan fingerprint density at radius 1 is 0.756 bits per heavy atom. The molecular weight excluding hydrogens is 516 g/mol. The van der Waals surface area contributed by atoms with Gasteiger partial charge in [0.05, 0.1) is 21.3 Å². The molecule has 0 aromatic heterocycles. The summed E-state index contributed by atoms with van der Waals surface area (Å²) in [6.45, 7) is 5.84. The van der Waals surface area contributed by atoms with Crippen LogP contribution in [0.5, 0.6) is 17.2 Å². The summed E-state index contributed by atoms with van der Waals surface area (Å²) in [7, 11) is 4.74. The Labute approximate surface area is 243 Å². The predicted octanol–water partition coefficient (Wildman–Crippen LogP) is 6.16. The summed E-state index contributed by atoms with van der Waals surface area (Å²) in [5, 5.41) is 6.34. The first-order valence-electron chi connectivity index (χ1n) is 14.6. The Morgan fingerprint density at radius 2 is 1.37 bits per heavy atom. The van der Waals surface area contributed by atoms with Gasteiger partial charge in [-0.3, -0.25) is 9.69 Å². The van der Waals surface area contributed by atoms with Gasteiger partial charge in [0.2, 0.25) is 5.75 Å². The Morgan fingerprint density at radius 3 is 1.95 bits per heavy atom. The summed E-state index contributed by atoms with van der Waals surface area (Å²) >= 11 is 0. The molecule has 5 rings (SSSR count). The van der Waals surface area contributed by atoms with E-state index in [0.717, 1.165) is 42.7 Å². The van der Waals surface area contributed by atoms with Crippen LogP contribution in [0.2, 0.25) is 0 Å². The molecule has 218 valence electrons. The first-order chi connectivity index (χ1) is 20.1. The molecule has 2 saturated heterocycles. The smallest absolute Gasteiger partial charge is 0.255 e. The van der Waals surface area contributed by atoms with E-state index in [4.69, 9.17) is 14.2 Å². The van der Waals surface area contributed by atoms with Crippen molar-refractivity contribution in [2.75, 3.05) is 58.1 Å². The largest absolute Gasteiger partial charge is 0.493 e. The summed E-state index contributed by atoms with van der Waals surface area (Å²) in [4.78, 5) is 18.2. The van der Waals surface area contributed by atoms with Gasteiger partial charge in [-0.2, -0.15) is 0 Å². The highest BCUT2D eigenvalue weighted by molar-refractivity contribution is 6.04. The molecule has 2 fully saturated rings. The monoisotopic (exact) mass is 558 g/mol. The van der Waals surface area contributed by atoms with Crippen LogP contribution in [0.25, 0.3) is 0 Å². The molecular formula is C33H42N4O4. The van der Waals surface area contributed by atoms with E-state index in [1.807, 2.05) is 36.4 Å². The summed E-state index contributed by atoms with van der Waals surface area (Å²) in [5.41, 5.74) is 4.27. The summed E-state index contributed by atoms with van der Waals surface area (Å²) < 4.78 is 16.3. The van der Waals surface area contributed by atoms with Gasteiger partial charge in [0.25, 0.3) is 5.91 Å². The van der Waals surface area contributed by atoms with Gasteiger partial charge < -0.3 is 29.7 Å². The molecule has 1 amide bonds. The number of hydrogen-bond donors (Lipinski definition) is 2. The van der Waals surface area contributed by atoms with E-state index in [1.54, 1.807) is 33.5 Å². The Bertz CT molecular complexity index is 1260. The van der Waals surface area contributed by atoms with Crippen molar-refractivity contribution in [2.45, 2.75) is 44.7 Å². The van der Waals surface area contributed by atoms with Crippen LogP contribution in [0, 0.1) is 0 Å². The number of likely N-dealkylation sites (tertiary alicyclic amines) is 2. The minimum Gasteiger partial charge on any atom is -0.493 e. The van der Waals surface area contributed by atoms with Crippen molar-refractivity contribution in [3.63, 3.8) is 0 Å². The van der Waals surface area contributed by atoms with Crippen LogP contribution < -0.4 is 24.8 Å². The molecule has 0 aliphatic carbocycles. The van der Waals surface area contributed by atoms with Crippen molar-refractivity contribution >= 4 is 23.0 Å². The number of carbonyl (C=O) groups excluding carboxylic acids is 1. The number of methoxy groups -OCH3 is 3. The molecule has 0 saturated carbocycles. The third kappa shape index (κ3) is 7.31. The van der Waals surface area contributed by atoms with Gasteiger partial charge in [-0.25, -0.2) is 0 Å². The number of amides is 1. The number of anilines is 3. The van der Waals surface area contributed by atoms with Gasteiger partial charge in [-0.1, -0.05) is 18.6 Å². The quantitative estimate of drug-likeness (QED) is 0.309. The molecule has 0 unspecified atom stereocenters. The van der Waals surface area contributed by atoms with Crippen molar-refractivity contribution in [1.82, 2.24) is 9.80 Å². The fraction of sp³-hybridized carbons (Fsp3) is 0.424. The number of carbonyl (C=O) groups is 1. The van der Waals surface area contributed by atoms with Crippen molar-refractivity contribution in [3.8, 4) is 17.2 Å². The Kier molecular flexibility index (Phi) is 9.64. The van der Waals surface area contributed by atoms with Crippen LogP contribution in [0.4, 0.5) is 17.1 Å². The lowest BCUT2D eigenvalue weighted by atomic mass is 9.99. The van der Waals surface area contributed by atoms with Crippen LogP contribution in [-0.4, -0.2) is 69.3 Å². The average molecular weight is 559 g/mol. The number of ether oxygens (including phenoxy) is 3. The summed E-state index contributed by atoms with van der Waals surface area (Å²) in [6, 6.07) is 20.0. The molecule has 0 radical (unpaired) electrons. The van der Waals surface area contributed by atoms with Gasteiger partial charge in [0.1, 0.15) is 0 Å². The minimum absolute atomic E-state index is 0.142. The van der Waals surface area contributed by atoms with Crippen LogP contribution in [0.3, 0.4) is 0 Å².